The fourth-order valence-electron chi connectivity index (χ4n) is 10.0. The lowest BCUT2D eigenvalue weighted by Gasteiger charge is -2.30. The third-order valence-electron chi connectivity index (χ3n) is 13.0. The Morgan fingerprint density at radius 3 is 1.59 bits per heavy atom. The fraction of sp³-hybridized carbons (Fsp3) is 0. The first-order valence-corrected chi connectivity index (χ1v) is 22.7. The highest BCUT2D eigenvalue weighted by Gasteiger charge is 2.24. The third-order valence-corrected chi connectivity index (χ3v) is 13.0. The second-order valence-electron chi connectivity index (χ2n) is 16.8. The Hall–Kier alpha value is -8.72. The summed E-state index contributed by atoms with van der Waals surface area (Å²) in [5.74, 6) is 0. The molecule has 0 bridgehead atoms. The predicted octanol–water partition coefficient (Wildman–Crippen LogP) is 17.7. The Kier molecular flexibility index (Phi) is 9.89. The molecule has 12 aromatic rings. The van der Waals surface area contributed by atoms with Gasteiger partial charge in [-0.15, -0.1) is 0 Å². The van der Waals surface area contributed by atoms with Gasteiger partial charge >= 0.3 is 0 Å². The van der Waals surface area contributed by atoms with Crippen LogP contribution in [0.1, 0.15) is 0 Å². The maximum Gasteiger partial charge on any atom is 0.0541 e. The van der Waals surface area contributed by atoms with Crippen LogP contribution in [0.4, 0.5) is 17.1 Å². The molecule has 310 valence electrons. The molecule has 0 spiro atoms. The van der Waals surface area contributed by atoms with Crippen LogP contribution in [-0.4, -0.2) is 4.57 Å². The van der Waals surface area contributed by atoms with E-state index < -0.39 is 0 Å². The molecule has 0 saturated carbocycles. The Bertz CT molecular complexity index is 3690. The van der Waals surface area contributed by atoms with Gasteiger partial charge in [-0.05, 0) is 110 Å². The lowest BCUT2D eigenvalue weighted by atomic mass is 9.84. The van der Waals surface area contributed by atoms with Crippen molar-refractivity contribution in [2.75, 3.05) is 4.90 Å². The van der Waals surface area contributed by atoms with Gasteiger partial charge in [0.1, 0.15) is 0 Å². The van der Waals surface area contributed by atoms with E-state index in [-0.39, 0.29) is 0 Å². The van der Waals surface area contributed by atoms with Crippen molar-refractivity contribution in [3.05, 3.63) is 267 Å². The molecule has 1 heterocycles. The van der Waals surface area contributed by atoms with E-state index in [2.05, 4.69) is 276 Å². The summed E-state index contributed by atoms with van der Waals surface area (Å²) in [7, 11) is 0. The highest BCUT2D eigenvalue weighted by Crippen LogP contribution is 2.49. The van der Waals surface area contributed by atoms with E-state index in [0.717, 1.165) is 39.4 Å². The number of hydrogen-bond acceptors (Lipinski definition) is 1. The summed E-state index contributed by atoms with van der Waals surface area (Å²) < 4.78 is 2.38. The van der Waals surface area contributed by atoms with Gasteiger partial charge in [0.2, 0.25) is 0 Å². The number of anilines is 3. The van der Waals surface area contributed by atoms with Gasteiger partial charge in [-0.25, -0.2) is 0 Å². The Labute approximate surface area is 385 Å². The SMILES string of the molecule is c1ccc(-c2ccccc2-c2c(-c3ccccc3)cccc2-c2ccccc2N(c2cccc(-c3ccc4c(c3)c3ccccc3n4-c3ccccc3)c2)c2cccc3ccccc23)cc1. The zero-order valence-corrected chi connectivity index (χ0v) is 36.3. The number of nitrogens with zero attached hydrogens (tertiary/aromatic N) is 2. The minimum atomic E-state index is 1.08. The molecular weight excluding hydrogens is 797 g/mol. The van der Waals surface area contributed by atoms with Crippen LogP contribution in [0.3, 0.4) is 0 Å². The summed E-state index contributed by atoms with van der Waals surface area (Å²) in [5, 5.41) is 4.85. The van der Waals surface area contributed by atoms with Crippen LogP contribution < -0.4 is 4.90 Å². The number of para-hydroxylation sites is 3. The van der Waals surface area contributed by atoms with Gasteiger partial charge in [0.05, 0.1) is 22.4 Å². The summed E-state index contributed by atoms with van der Waals surface area (Å²) in [5.41, 5.74) is 18.6. The summed E-state index contributed by atoms with van der Waals surface area (Å²) in [6, 6.07) is 97.0. The van der Waals surface area contributed by atoms with E-state index in [1.807, 2.05) is 0 Å². The lowest BCUT2D eigenvalue weighted by Crippen LogP contribution is -2.12. The van der Waals surface area contributed by atoms with E-state index >= 15 is 0 Å². The largest absolute Gasteiger partial charge is 0.309 e. The summed E-state index contributed by atoms with van der Waals surface area (Å²) >= 11 is 0. The van der Waals surface area contributed by atoms with Crippen molar-refractivity contribution < 1.29 is 0 Å². The second kappa shape index (κ2) is 16.8. The van der Waals surface area contributed by atoms with E-state index in [9.17, 15) is 0 Å². The van der Waals surface area contributed by atoms with Gasteiger partial charge in [0, 0.05) is 33.1 Å². The molecule has 2 nitrogen and oxygen atoms in total. The first kappa shape index (κ1) is 38.9. The molecule has 2 heteroatoms. The van der Waals surface area contributed by atoms with Crippen LogP contribution in [-0.2, 0) is 0 Å². The van der Waals surface area contributed by atoms with Gasteiger partial charge in [0.25, 0.3) is 0 Å². The van der Waals surface area contributed by atoms with Crippen molar-refractivity contribution in [3.8, 4) is 61.3 Å². The van der Waals surface area contributed by atoms with Crippen LogP contribution in [0, 0.1) is 0 Å². The molecule has 0 amide bonds. The van der Waals surface area contributed by atoms with Crippen LogP contribution in [0.25, 0.3) is 93.9 Å². The average Bonchev–Trinajstić information content (AvgIpc) is 3.73. The molecule has 0 fully saturated rings. The number of rotatable bonds is 9. The molecule has 66 heavy (non-hydrogen) atoms. The quantitative estimate of drug-likeness (QED) is 0.141. The molecule has 0 aliphatic heterocycles. The normalized spacial score (nSPS) is 11.3. The highest BCUT2D eigenvalue weighted by atomic mass is 15.1. The molecular formula is C64H44N2. The second-order valence-corrected chi connectivity index (χ2v) is 16.8. The van der Waals surface area contributed by atoms with Crippen molar-refractivity contribution >= 4 is 49.6 Å². The highest BCUT2D eigenvalue weighted by molar-refractivity contribution is 6.11. The smallest absolute Gasteiger partial charge is 0.0541 e. The first-order valence-electron chi connectivity index (χ1n) is 22.7. The van der Waals surface area contributed by atoms with Crippen molar-refractivity contribution in [2.24, 2.45) is 0 Å². The summed E-state index contributed by atoms with van der Waals surface area (Å²) in [6.45, 7) is 0. The Morgan fingerprint density at radius 2 is 0.788 bits per heavy atom. The number of fused-ring (bicyclic) bond motifs is 4. The molecule has 11 aromatic carbocycles. The van der Waals surface area contributed by atoms with Gasteiger partial charge in [-0.2, -0.15) is 0 Å². The van der Waals surface area contributed by atoms with Crippen LogP contribution in [0.2, 0.25) is 0 Å². The van der Waals surface area contributed by atoms with Crippen LogP contribution >= 0.6 is 0 Å². The zero-order chi connectivity index (χ0) is 43.8. The molecule has 0 unspecified atom stereocenters. The number of hydrogen-bond donors (Lipinski definition) is 0. The maximum atomic E-state index is 2.48. The topological polar surface area (TPSA) is 8.17 Å². The minimum Gasteiger partial charge on any atom is -0.309 e. The molecule has 0 atom stereocenters. The molecule has 0 aliphatic carbocycles. The van der Waals surface area contributed by atoms with E-state index in [4.69, 9.17) is 0 Å². The molecule has 0 saturated heterocycles. The van der Waals surface area contributed by atoms with E-state index in [1.54, 1.807) is 0 Å². The molecule has 12 rings (SSSR count). The predicted molar refractivity (Wildman–Crippen MR) is 280 cm³/mol. The van der Waals surface area contributed by atoms with Crippen molar-refractivity contribution in [3.63, 3.8) is 0 Å². The standard InChI is InChI=1S/C64H44N2/c1-4-21-45(22-5-1)52-31-12-13-35-57(52)64-54(47-23-6-2-7-24-47)36-20-37-58(64)55-33-14-16-38-61(55)66(60-40-19-26-46-25-10-11-32-53(46)60)51-30-18-27-48(43-51)49-41-42-63-59(44-49)56-34-15-17-39-62(56)65(63)50-28-8-3-9-29-50/h1-44H. The van der Waals surface area contributed by atoms with Crippen molar-refractivity contribution in [2.45, 2.75) is 0 Å². The van der Waals surface area contributed by atoms with Crippen molar-refractivity contribution in [1.29, 1.82) is 0 Å². The molecule has 0 N–H and O–H groups in total. The number of aromatic nitrogens is 1. The first-order chi connectivity index (χ1) is 32.8. The maximum absolute atomic E-state index is 2.48. The summed E-state index contributed by atoms with van der Waals surface area (Å²) in [6.07, 6.45) is 0. The molecule has 0 aliphatic rings. The van der Waals surface area contributed by atoms with Gasteiger partial charge in [-0.1, -0.05) is 212 Å². The van der Waals surface area contributed by atoms with Crippen LogP contribution in [0.15, 0.2) is 267 Å². The minimum absolute atomic E-state index is 1.08. The van der Waals surface area contributed by atoms with Gasteiger partial charge in [0.15, 0.2) is 0 Å². The average molecular weight is 841 g/mol. The van der Waals surface area contributed by atoms with Gasteiger partial charge in [-0.3, -0.25) is 0 Å². The van der Waals surface area contributed by atoms with E-state index in [0.29, 0.717) is 0 Å². The van der Waals surface area contributed by atoms with Gasteiger partial charge < -0.3 is 9.47 Å². The number of benzene rings is 11. The molecule has 0 radical (unpaired) electrons. The fourth-order valence-corrected chi connectivity index (χ4v) is 10.0. The third kappa shape index (κ3) is 6.84. The van der Waals surface area contributed by atoms with E-state index in [1.165, 1.54) is 71.5 Å². The molecule has 1 aromatic heterocycles. The van der Waals surface area contributed by atoms with Crippen molar-refractivity contribution in [1.82, 2.24) is 4.57 Å². The zero-order valence-electron chi connectivity index (χ0n) is 36.3. The summed E-state index contributed by atoms with van der Waals surface area (Å²) in [4.78, 5) is 2.48. The Balaban J connectivity index is 1.08. The monoisotopic (exact) mass is 840 g/mol. The van der Waals surface area contributed by atoms with Crippen LogP contribution in [0.5, 0.6) is 0 Å². The lowest BCUT2D eigenvalue weighted by molar-refractivity contribution is 1.18. The Morgan fingerprint density at radius 1 is 0.273 bits per heavy atom.